The summed E-state index contributed by atoms with van der Waals surface area (Å²) in [6.45, 7) is 2.74. The Morgan fingerprint density at radius 3 is 2.66 bits per heavy atom. The lowest BCUT2D eigenvalue weighted by atomic mass is 10.1. The SMILES string of the molecule is CCOc1ccc(CNS(=O)(=O)c2ccc(-c3cnc(C4CCCC4)o3)s2)cc1. The van der Waals surface area contributed by atoms with E-state index >= 15 is 0 Å². The molecule has 0 aliphatic heterocycles. The molecule has 2 heterocycles. The van der Waals surface area contributed by atoms with Gasteiger partial charge < -0.3 is 9.15 Å². The van der Waals surface area contributed by atoms with Gasteiger partial charge in [-0.05, 0) is 49.6 Å². The van der Waals surface area contributed by atoms with Gasteiger partial charge in [-0.25, -0.2) is 18.1 Å². The molecule has 6 nitrogen and oxygen atoms in total. The van der Waals surface area contributed by atoms with Crippen LogP contribution in [0.15, 0.2) is 51.2 Å². The number of hydrogen-bond acceptors (Lipinski definition) is 6. The molecule has 2 aromatic heterocycles. The Morgan fingerprint density at radius 2 is 1.93 bits per heavy atom. The fraction of sp³-hybridized carbons (Fsp3) is 0.381. The smallest absolute Gasteiger partial charge is 0.250 e. The summed E-state index contributed by atoms with van der Waals surface area (Å²) in [5.74, 6) is 2.56. The zero-order chi connectivity index (χ0) is 20.3. The summed E-state index contributed by atoms with van der Waals surface area (Å²) in [5, 5.41) is 0. The summed E-state index contributed by atoms with van der Waals surface area (Å²) in [6, 6.07) is 10.8. The van der Waals surface area contributed by atoms with Crippen LogP contribution >= 0.6 is 11.3 Å². The van der Waals surface area contributed by atoms with Gasteiger partial charge in [0.25, 0.3) is 0 Å². The van der Waals surface area contributed by atoms with E-state index in [2.05, 4.69) is 9.71 Å². The summed E-state index contributed by atoms with van der Waals surface area (Å²) in [4.78, 5) is 5.17. The van der Waals surface area contributed by atoms with Gasteiger partial charge in [0.1, 0.15) is 9.96 Å². The monoisotopic (exact) mass is 432 g/mol. The van der Waals surface area contributed by atoms with E-state index in [1.54, 1.807) is 18.3 Å². The van der Waals surface area contributed by atoms with E-state index in [1.165, 1.54) is 24.2 Å². The van der Waals surface area contributed by atoms with Crippen LogP contribution in [-0.2, 0) is 16.6 Å². The van der Waals surface area contributed by atoms with Crippen molar-refractivity contribution in [3.63, 3.8) is 0 Å². The summed E-state index contributed by atoms with van der Waals surface area (Å²) in [5.41, 5.74) is 0.866. The van der Waals surface area contributed by atoms with Gasteiger partial charge in [0.2, 0.25) is 10.0 Å². The number of sulfonamides is 1. The molecular formula is C21H24N2O4S2. The van der Waals surface area contributed by atoms with Crippen molar-refractivity contribution in [3.8, 4) is 16.4 Å². The average Bonchev–Trinajstić information content (AvgIpc) is 3.48. The highest BCUT2D eigenvalue weighted by Crippen LogP contribution is 2.37. The van der Waals surface area contributed by atoms with E-state index < -0.39 is 10.0 Å². The van der Waals surface area contributed by atoms with Crippen LogP contribution in [0.4, 0.5) is 0 Å². The summed E-state index contributed by atoms with van der Waals surface area (Å²) >= 11 is 1.19. The molecule has 0 radical (unpaired) electrons. The summed E-state index contributed by atoms with van der Waals surface area (Å²) in [7, 11) is -3.60. The number of benzene rings is 1. The molecule has 1 aliphatic carbocycles. The molecule has 4 rings (SSSR count). The standard InChI is InChI=1S/C21H24N2O4S2/c1-2-26-17-9-7-15(8-10-17)13-23-29(24,25)20-12-11-19(28-20)18-14-22-21(27-18)16-5-3-4-6-16/h7-12,14,16,23H,2-6,13H2,1H3. The van der Waals surface area contributed by atoms with Gasteiger partial charge in [-0.1, -0.05) is 25.0 Å². The minimum Gasteiger partial charge on any atom is -0.494 e. The Hall–Kier alpha value is -2.16. The molecule has 0 unspecified atom stereocenters. The summed E-state index contributed by atoms with van der Waals surface area (Å²) in [6.07, 6.45) is 6.34. The second-order valence-corrected chi connectivity index (χ2v) is 10.1. The Kier molecular flexibility index (Phi) is 6.03. The minimum atomic E-state index is -3.60. The maximum Gasteiger partial charge on any atom is 0.250 e. The van der Waals surface area contributed by atoms with Gasteiger partial charge >= 0.3 is 0 Å². The van der Waals surface area contributed by atoms with Crippen LogP contribution in [0.25, 0.3) is 10.6 Å². The Balaban J connectivity index is 1.42. The van der Waals surface area contributed by atoms with Gasteiger partial charge in [0.05, 0.1) is 17.7 Å². The lowest BCUT2D eigenvalue weighted by Crippen LogP contribution is -2.22. The van der Waals surface area contributed by atoms with Crippen molar-refractivity contribution in [1.29, 1.82) is 0 Å². The zero-order valence-corrected chi connectivity index (χ0v) is 17.9. The van der Waals surface area contributed by atoms with Crippen LogP contribution in [0.3, 0.4) is 0 Å². The van der Waals surface area contributed by atoms with E-state index in [1.807, 2.05) is 31.2 Å². The first kappa shape index (κ1) is 20.1. The number of nitrogens with one attached hydrogen (secondary N) is 1. The van der Waals surface area contributed by atoms with E-state index in [4.69, 9.17) is 9.15 Å². The van der Waals surface area contributed by atoms with Crippen molar-refractivity contribution >= 4 is 21.4 Å². The largest absolute Gasteiger partial charge is 0.494 e. The first-order valence-corrected chi connectivity index (χ1v) is 12.1. The van der Waals surface area contributed by atoms with Gasteiger partial charge in [-0.3, -0.25) is 0 Å². The second-order valence-electron chi connectivity index (χ2n) is 7.06. The Bertz CT molecular complexity index is 1050. The molecule has 8 heteroatoms. The zero-order valence-electron chi connectivity index (χ0n) is 16.3. The van der Waals surface area contributed by atoms with Crippen molar-refractivity contribution in [3.05, 3.63) is 54.0 Å². The molecular weight excluding hydrogens is 408 g/mol. The van der Waals surface area contributed by atoms with Crippen LogP contribution < -0.4 is 9.46 Å². The molecule has 1 fully saturated rings. The second kappa shape index (κ2) is 8.69. The molecule has 1 aromatic carbocycles. The molecule has 0 spiro atoms. The van der Waals surface area contributed by atoms with Crippen molar-refractivity contribution < 1.29 is 17.6 Å². The lowest BCUT2D eigenvalue weighted by molar-refractivity contribution is 0.340. The van der Waals surface area contributed by atoms with Crippen LogP contribution in [0.2, 0.25) is 0 Å². The fourth-order valence-corrected chi connectivity index (χ4v) is 5.79. The number of rotatable bonds is 8. The maximum atomic E-state index is 12.7. The predicted molar refractivity (Wildman–Crippen MR) is 113 cm³/mol. The maximum absolute atomic E-state index is 12.7. The summed E-state index contributed by atoms with van der Waals surface area (Å²) < 4.78 is 39.6. The molecule has 0 atom stereocenters. The Labute approximate surface area is 175 Å². The van der Waals surface area contributed by atoms with E-state index in [-0.39, 0.29) is 10.8 Å². The van der Waals surface area contributed by atoms with E-state index in [9.17, 15) is 8.42 Å². The normalized spacial score (nSPS) is 15.1. The average molecular weight is 433 g/mol. The number of oxazole rings is 1. The number of nitrogens with zero attached hydrogens (tertiary/aromatic N) is 1. The molecule has 0 bridgehead atoms. The van der Waals surface area contributed by atoms with Crippen molar-refractivity contribution in [2.45, 2.75) is 49.3 Å². The molecule has 1 saturated carbocycles. The molecule has 0 saturated heterocycles. The first-order valence-electron chi connectivity index (χ1n) is 9.82. The fourth-order valence-electron chi connectivity index (χ4n) is 3.48. The van der Waals surface area contributed by atoms with Crippen LogP contribution in [-0.4, -0.2) is 20.0 Å². The van der Waals surface area contributed by atoms with Gasteiger partial charge in [-0.2, -0.15) is 0 Å². The number of aromatic nitrogens is 1. The Morgan fingerprint density at radius 1 is 1.17 bits per heavy atom. The number of ether oxygens (including phenoxy) is 1. The van der Waals surface area contributed by atoms with Crippen molar-refractivity contribution in [2.75, 3.05) is 6.61 Å². The topological polar surface area (TPSA) is 81.4 Å². The molecule has 1 N–H and O–H groups in total. The molecule has 3 aromatic rings. The third-order valence-electron chi connectivity index (χ3n) is 5.02. The highest BCUT2D eigenvalue weighted by atomic mass is 32.2. The van der Waals surface area contributed by atoms with Gasteiger partial charge in [0.15, 0.2) is 11.7 Å². The third kappa shape index (κ3) is 4.71. The third-order valence-corrected chi connectivity index (χ3v) is 8.01. The number of hydrogen-bond donors (Lipinski definition) is 1. The molecule has 29 heavy (non-hydrogen) atoms. The van der Waals surface area contributed by atoms with Crippen LogP contribution in [0, 0.1) is 0 Å². The van der Waals surface area contributed by atoms with Crippen LogP contribution in [0.5, 0.6) is 5.75 Å². The minimum absolute atomic E-state index is 0.218. The quantitative estimate of drug-likeness (QED) is 0.545. The van der Waals surface area contributed by atoms with Gasteiger partial charge in [0, 0.05) is 12.5 Å². The van der Waals surface area contributed by atoms with Crippen LogP contribution in [0.1, 0.15) is 50.0 Å². The molecule has 1 aliphatic rings. The highest BCUT2D eigenvalue weighted by Gasteiger charge is 2.23. The van der Waals surface area contributed by atoms with E-state index in [0.29, 0.717) is 18.3 Å². The first-order chi connectivity index (χ1) is 14.0. The van der Waals surface area contributed by atoms with E-state index in [0.717, 1.165) is 34.9 Å². The van der Waals surface area contributed by atoms with Crippen molar-refractivity contribution in [2.24, 2.45) is 0 Å². The molecule has 0 amide bonds. The number of thiophene rings is 1. The van der Waals surface area contributed by atoms with Gasteiger partial charge in [-0.15, -0.1) is 11.3 Å². The lowest BCUT2D eigenvalue weighted by Gasteiger charge is -2.06. The van der Waals surface area contributed by atoms with Crippen molar-refractivity contribution in [1.82, 2.24) is 9.71 Å². The predicted octanol–water partition coefficient (Wildman–Crippen LogP) is 4.94. The molecule has 154 valence electrons. The highest BCUT2D eigenvalue weighted by molar-refractivity contribution is 7.91.